The molecule has 0 bridgehead atoms. The molecule has 3 heteroatoms. The Morgan fingerprint density at radius 1 is 1.67 bits per heavy atom. The van der Waals surface area contributed by atoms with Gasteiger partial charge in [0.15, 0.2) is 0 Å². The lowest BCUT2D eigenvalue weighted by atomic mass is 10.3. The predicted molar refractivity (Wildman–Crippen MR) is 41.9 cm³/mol. The van der Waals surface area contributed by atoms with Crippen molar-refractivity contribution in [3.63, 3.8) is 0 Å². The summed E-state index contributed by atoms with van der Waals surface area (Å²) >= 11 is 9.03. The zero-order chi connectivity index (χ0) is 6.69. The van der Waals surface area contributed by atoms with Crippen LogP contribution in [0, 0.1) is 0 Å². The largest absolute Gasteiger partial charge is 0.263 e. The van der Waals surface area contributed by atoms with E-state index in [9.17, 15) is 0 Å². The first-order chi connectivity index (χ1) is 4.34. The third kappa shape index (κ3) is 1.66. The molecular formula is C6H5BrClN. The van der Waals surface area contributed by atoms with Crippen LogP contribution in [-0.4, -0.2) is 4.98 Å². The van der Waals surface area contributed by atoms with Crippen LogP contribution in [0.4, 0.5) is 0 Å². The average Bonchev–Trinajstić information content (AvgIpc) is 1.89. The van der Waals surface area contributed by atoms with Crippen LogP contribution in [0.3, 0.4) is 0 Å². The van der Waals surface area contributed by atoms with Crippen LogP contribution in [0.5, 0.6) is 0 Å². The molecule has 0 saturated carbocycles. The Labute approximate surface area is 67.2 Å². The van der Waals surface area contributed by atoms with Crippen molar-refractivity contribution in [2.45, 2.75) is 5.33 Å². The van der Waals surface area contributed by atoms with Crippen LogP contribution in [0.2, 0.25) is 5.02 Å². The van der Waals surface area contributed by atoms with Gasteiger partial charge in [0.05, 0.1) is 5.02 Å². The highest BCUT2D eigenvalue weighted by molar-refractivity contribution is 9.08. The van der Waals surface area contributed by atoms with Crippen molar-refractivity contribution < 1.29 is 0 Å². The molecular weight excluding hydrogens is 201 g/mol. The molecule has 0 unspecified atom stereocenters. The highest BCUT2D eigenvalue weighted by Gasteiger charge is 1.93. The number of halogens is 2. The summed E-state index contributed by atoms with van der Waals surface area (Å²) in [5.41, 5.74) is 1.08. The van der Waals surface area contributed by atoms with Gasteiger partial charge in [0, 0.05) is 17.7 Å². The average molecular weight is 206 g/mol. The fraction of sp³-hybridized carbons (Fsp3) is 0.167. The summed E-state index contributed by atoms with van der Waals surface area (Å²) in [6.07, 6.45) is 3.36. The first kappa shape index (κ1) is 7.03. The predicted octanol–water partition coefficient (Wildman–Crippen LogP) is 2.63. The molecule has 0 saturated heterocycles. The number of aromatic nitrogens is 1. The highest BCUT2D eigenvalue weighted by atomic mass is 79.9. The molecule has 48 valence electrons. The van der Waals surface area contributed by atoms with E-state index in [1.807, 2.05) is 6.07 Å². The molecule has 0 spiro atoms. The number of pyridine rings is 1. The summed E-state index contributed by atoms with van der Waals surface area (Å²) in [6.45, 7) is 0. The molecule has 1 heterocycles. The summed E-state index contributed by atoms with van der Waals surface area (Å²) in [4.78, 5) is 3.84. The first-order valence-electron chi connectivity index (χ1n) is 2.49. The van der Waals surface area contributed by atoms with Crippen LogP contribution in [-0.2, 0) is 5.33 Å². The van der Waals surface area contributed by atoms with E-state index in [1.165, 1.54) is 0 Å². The lowest BCUT2D eigenvalue weighted by Crippen LogP contribution is -1.79. The molecule has 9 heavy (non-hydrogen) atoms. The zero-order valence-corrected chi connectivity index (χ0v) is 6.98. The molecule has 0 aliphatic rings. The van der Waals surface area contributed by atoms with Crippen LogP contribution in [0.15, 0.2) is 18.5 Å². The summed E-state index contributed by atoms with van der Waals surface area (Å²) in [5, 5.41) is 1.50. The Morgan fingerprint density at radius 2 is 2.44 bits per heavy atom. The van der Waals surface area contributed by atoms with Gasteiger partial charge in [-0.05, 0) is 11.6 Å². The number of rotatable bonds is 1. The maximum absolute atomic E-state index is 5.73. The summed E-state index contributed by atoms with van der Waals surface area (Å²) < 4.78 is 0. The molecule has 0 N–H and O–H groups in total. The normalized spacial score (nSPS) is 9.56. The standard InChI is InChI=1S/C6H5BrClN/c7-3-5-1-2-9-4-6(5)8/h1-2,4H,3H2. The smallest absolute Gasteiger partial charge is 0.0629 e. The minimum Gasteiger partial charge on any atom is -0.263 e. The lowest BCUT2D eigenvalue weighted by molar-refractivity contribution is 1.28. The molecule has 0 fully saturated rings. The Kier molecular flexibility index (Phi) is 2.49. The van der Waals surface area contributed by atoms with Gasteiger partial charge in [-0.2, -0.15) is 0 Å². The lowest BCUT2D eigenvalue weighted by Gasteiger charge is -1.94. The van der Waals surface area contributed by atoms with Gasteiger partial charge in [-0.1, -0.05) is 27.5 Å². The highest BCUT2D eigenvalue weighted by Crippen LogP contribution is 2.15. The second-order valence-electron chi connectivity index (χ2n) is 1.60. The van der Waals surface area contributed by atoms with Gasteiger partial charge in [0.2, 0.25) is 0 Å². The third-order valence-corrected chi connectivity index (χ3v) is 1.94. The topological polar surface area (TPSA) is 12.9 Å². The number of hydrogen-bond donors (Lipinski definition) is 0. The molecule has 1 aromatic rings. The van der Waals surface area contributed by atoms with Crippen LogP contribution in [0.1, 0.15) is 5.56 Å². The van der Waals surface area contributed by atoms with E-state index >= 15 is 0 Å². The van der Waals surface area contributed by atoms with Gasteiger partial charge in [0.1, 0.15) is 0 Å². The molecule has 0 aliphatic carbocycles. The summed E-state index contributed by atoms with van der Waals surface area (Å²) in [7, 11) is 0. The number of alkyl halides is 1. The number of nitrogens with zero attached hydrogens (tertiary/aromatic N) is 1. The third-order valence-electron chi connectivity index (χ3n) is 1.00. The van der Waals surface area contributed by atoms with Crippen molar-refractivity contribution in [1.82, 2.24) is 4.98 Å². The number of hydrogen-bond acceptors (Lipinski definition) is 1. The van der Waals surface area contributed by atoms with Crippen molar-refractivity contribution in [1.29, 1.82) is 0 Å². The second kappa shape index (κ2) is 3.18. The molecule has 0 radical (unpaired) electrons. The van der Waals surface area contributed by atoms with E-state index in [1.54, 1.807) is 12.4 Å². The SMILES string of the molecule is Clc1cnccc1CBr. The molecule has 0 atom stereocenters. The van der Waals surface area contributed by atoms with Crippen LogP contribution < -0.4 is 0 Å². The molecule has 0 aromatic carbocycles. The minimum atomic E-state index is 0.717. The van der Waals surface area contributed by atoms with Crippen molar-refractivity contribution in [3.8, 4) is 0 Å². The molecule has 1 aromatic heterocycles. The summed E-state index contributed by atoms with van der Waals surface area (Å²) in [5.74, 6) is 0. The quantitative estimate of drug-likeness (QED) is 0.644. The van der Waals surface area contributed by atoms with E-state index in [-0.39, 0.29) is 0 Å². The Balaban J connectivity index is 3.01. The Bertz CT molecular complexity index is 202. The van der Waals surface area contributed by atoms with Crippen molar-refractivity contribution >= 4 is 27.5 Å². The van der Waals surface area contributed by atoms with Gasteiger partial charge < -0.3 is 0 Å². The second-order valence-corrected chi connectivity index (χ2v) is 2.57. The van der Waals surface area contributed by atoms with Crippen molar-refractivity contribution in [3.05, 3.63) is 29.0 Å². The van der Waals surface area contributed by atoms with E-state index in [4.69, 9.17) is 11.6 Å². The maximum Gasteiger partial charge on any atom is 0.0629 e. The van der Waals surface area contributed by atoms with E-state index in [2.05, 4.69) is 20.9 Å². The van der Waals surface area contributed by atoms with Gasteiger partial charge in [-0.3, -0.25) is 4.98 Å². The molecule has 1 rings (SSSR count). The first-order valence-corrected chi connectivity index (χ1v) is 3.99. The van der Waals surface area contributed by atoms with E-state index in [0.29, 0.717) is 0 Å². The fourth-order valence-corrected chi connectivity index (χ4v) is 1.35. The Hall–Kier alpha value is -0.0800. The van der Waals surface area contributed by atoms with Crippen molar-refractivity contribution in [2.75, 3.05) is 0 Å². The van der Waals surface area contributed by atoms with E-state index in [0.717, 1.165) is 15.9 Å². The van der Waals surface area contributed by atoms with Crippen molar-refractivity contribution in [2.24, 2.45) is 0 Å². The van der Waals surface area contributed by atoms with Gasteiger partial charge in [0.25, 0.3) is 0 Å². The monoisotopic (exact) mass is 205 g/mol. The minimum absolute atomic E-state index is 0.717. The fourth-order valence-electron chi connectivity index (χ4n) is 0.512. The Morgan fingerprint density at radius 3 is 2.89 bits per heavy atom. The van der Waals surface area contributed by atoms with Gasteiger partial charge in [-0.25, -0.2) is 0 Å². The maximum atomic E-state index is 5.73. The van der Waals surface area contributed by atoms with Crippen LogP contribution >= 0.6 is 27.5 Å². The molecule has 1 nitrogen and oxygen atoms in total. The molecule has 0 aliphatic heterocycles. The van der Waals surface area contributed by atoms with Crippen LogP contribution in [0.25, 0.3) is 0 Å². The van der Waals surface area contributed by atoms with Gasteiger partial charge >= 0.3 is 0 Å². The summed E-state index contributed by atoms with van der Waals surface area (Å²) in [6, 6.07) is 1.89. The zero-order valence-electron chi connectivity index (χ0n) is 4.64. The van der Waals surface area contributed by atoms with E-state index < -0.39 is 0 Å². The van der Waals surface area contributed by atoms with Gasteiger partial charge in [-0.15, -0.1) is 0 Å². The molecule has 0 amide bonds.